The lowest BCUT2D eigenvalue weighted by atomic mass is 9.82. The summed E-state index contributed by atoms with van der Waals surface area (Å²) in [4.78, 5) is 26.6. The van der Waals surface area contributed by atoms with Gasteiger partial charge in [0.2, 0.25) is 5.91 Å². The number of carbonyl (C=O) groups excluding carboxylic acids is 2. The summed E-state index contributed by atoms with van der Waals surface area (Å²) >= 11 is 0. The molecule has 2 rings (SSSR count). The van der Waals surface area contributed by atoms with Gasteiger partial charge in [-0.3, -0.25) is 9.59 Å². The molecule has 2 amide bonds. The van der Waals surface area contributed by atoms with Gasteiger partial charge in [-0.1, -0.05) is 31.4 Å². The third-order valence-electron chi connectivity index (χ3n) is 4.57. The van der Waals surface area contributed by atoms with Crippen LogP contribution in [0.2, 0.25) is 0 Å². The van der Waals surface area contributed by atoms with Gasteiger partial charge in [0, 0.05) is 24.3 Å². The second-order valence-corrected chi connectivity index (χ2v) is 6.54. The predicted molar refractivity (Wildman–Crippen MR) is 101 cm³/mol. The van der Waals surface area contributed by atoms with Crippen molar-refractivity contribution in [3.8, 4) is 0 Å². The van der Waals surface area contributed by atoms with Gasteiger partial charge in [0.1, 0.15) is 0 Å². The average Bonchev–Trinajstić information content (AvgIpc) is 2.62. The van der Waals surface area contributed by atoms with Crippen LogP contribution >= 0.6 is 0 Å². The fraction of sp³-hybridized carbons (Fsp3) is 0.400. The fourth-order valence-corrected chi connectivity index (χ4v) is 3.10. The van der Waals surface area contributed by atoms with Crippen LogP contribution in [0.4, 0.5) is 5.69 Å². The van der Waals surface area contributed by atoms with Crippen molar-refractivity contribution in [2.75, 3.05) is 18.4 Å². The highest BCUT2D eigenvalue weighted by Crippen LogP contribution is 2.27. The first-order valence-electron chi connectivity index (χ1n) is 8.71. The molecule has 1 aliphatic carbocycles. The number of rotatable bonds is 7. The van der Waals surface area contributed by atoms with Crippen molar-refractivity contribution < 1.29 is 9.59 Å². The highest BCUT2D eigenvalue weighted by Gasteiger charge is 2.35. The zero-order valence-corrected chi connectivity index (χ0v) is 14.7. The molecule has 5 heteroatoms. The molecule has 134 valence electrons. The van der Waals surface area contributed by atoms with E-state index in [4.69, 9.17) is 5.73 Å². The average molecular weight is 341 g/mol. The van der Waals surface area contributed by atoms with Crippen LogP contribution in [-0.4, -0.2) is 35.3 Å². The first-order chi connectivity index (χ1) is 12.0. The topological polar surface area (TPSA) is 75.4 Å². The van der Waals surface area contributed by atoms with Gasteiger partial charge in [0.15, 0.2) is 0 Å². The Morgan fingerprint density at radius 2 is 1.64 bits per heavy atom. The number of nitrogens with zero attached hydrogens (tertiary/aromatic N) is 1. The molecule has 1 aromatic rings. The van der Waals surface area contributed by atoms with Crippen LogP contribution in [0.15, 0.2) is 49.6 Å². The summed E-state index contributed by atoms with van der Waals surface area (Å²) in [7, 11) is 0. The Morgan fingerprint density at radius 1 is 1.08 bits per heavy atom. The van der Waals surface area contributed by atoms with Gasteiger partial charge in [0.05, 0.1) is 5.54 Å². The van der Waals surface area contributed by atoms with E-state index >= 15 is 0 Å². The highest BCUT2D eigenvalue weighted by molar-refractivity contribution is 5.99. The molecule has 1 aliphatic rings. The molecular formula is C20H27N3O2. The molecule has 1 fully saturated rings. The molecule has 0 spiro atoms. The third kappa shape index (κ3) is 4.79. The van der Waals surface area contributed by atoms with Gasteiger partial charge >= 0.3 is 0 Å². The summed E-state index contributed by atoms with van der Waals surface area (Å²) in [5, 5.41) is 2.88. The van der Waals surface area contributed by atoms with Gasteiger partial charge < -0.3 is 16.0 Å². The molecule has 0 aliphatic heterocycles. The van der Waals surface area contributed by atoms with Gasteiger partial charge in [-0.05, 0) is 37.1 Å². The second kappa shape index (κ2) is 8.62. The Bertz CT molecular complexity index is 621. The number of benzene rings is 1. The lowest BCUT2D eigenvalue weighted by molar-refractivity contribution is -0.122. The highest BCUT2D eigenvalue weighted by atomic mass is 16.2. The molecule has 25 heavy (non-hydrogen) atoms. The maximum absolute atomic E-state index is 12.5. The monoisotopic (exact) mass is 341 g/mol. The molecule has 5 nitrogen and oxygen atoms in total. The van der Waals surface area contributed by atoms with E-state index in [1.165, 1.54) is 0 Å². The lowest BCUT2D eigenvalue weighted by Gasteiger charge is -2.31. The van der Waals surface area contributed by atoms with E-state index in [1.807, 2.05) is 0 Å². The van der Waals surface area contributed by atoms with E-state index in [2.05, 4.69) is 18.5 Å². The number of carbonyl (C=O) groups is 2. The zero-order valence-electron chi connectivity index (χ0n) is 14.7. The lowest BCUT2D eigenvalue weighted by Crippen LogP contribution is -2.52. The van der Waals surface area contributed by atoms with Crippen LogP contribution < -0.4 is 11.1 Å². The van der Waals surface area contributed by atoms with Gasteiger partial charge in [-0.15, -0.1) is 13.2 Å². The number of nitrogens with one attached hydrogen (secondary N) is 1. The molecule has 3 N–H and O–H groups in total. The summed E-state index contributed by atoms with van der Waals surface area (Å²) in [6.07, 6.45) is 7.90. The van der Waals surface area contributed by atoms with Crippen molar-refractivity contribution in [1.82, 2.24) is 4.90 Å². The number of anilines is 1. The number of amides is 2. The first-order valence-corrected chi connectivity index (χ1v) is 8.71. The van der Waals surface area contributed by atoms with Gasteiger partial charge in [0.25, 0.3) is 5.91 Å². The minimum atomic E-state index is -0.780. The first kappa shape index (κ1) is 18.9. The predicted octanol–water partition coefficient (Wildman–Crippen LogP) is 3.10. The zero-order chi connectivity index (χ0) is 18.3. The van der Waals surface area contributed by atoms with E-state index in [-0.39, 0.29) is 11.8 Å². The van der Waals surface area contributed by atoms with Crippen molar-refractivity contribution in [1.29, 1.82) is 0 Å². The summed E-state index contributed by atoms with van der Waals surface area (Å²) in [5.74, 6) is -0.244. The summed E-state index contributed by atoms with van der Waals surface area (Å²) in [5.41, 5.74) is 6.67. The SMILES string of the molecule is C=CCN(CC=C)C(=O)c1ccc(NC(=O)C2(N)CCCCC2)cc1. The third-order valence-corrected chi connectivity index (χ3v) is 4.57. The summed E-state index contributed by atoms with van der Waals surface area (Å²) in [6, 6.07) is 6.89. The van der Waals surface area contributed by atoms with E-state index in [0.717, 1.165) is 19.3 Å². The molecule has 0 bridgehead atoms. The van der Waals surface area contributed by atoms with Crippen LogP contribution in [0.5, 0.6) is 0 Å². The standard InChI is InChI=1S/C20H27N3O2/c1-3-14-23(15-4-2)18(24)16-8-10-17(11-9-16)22-19(25)20(21)12-6-5-7-13-20/h3-4,8-11H,1-2,5-7,12-15,21H2,(H,22,25). The molecule has 0 aromatic heterocycles. The molecule has 1 saturated carbocycles. The number of hydrogen-bond donors (Lipinski definition) is 2. The van der Waals surface area contributed by atoms with Crippen LogP contribution in [0.3, 0.4) is 0 Å². The molecule has 0 unspecified atom stereocenters. The van der Waals surface area contributed by atoms with Crippen molar-refractivity contribution in [2.24, 2.45) is 5.73 Å². The molecular weight excluding hydrogens is 314 g/mol. The summed E-state index contributed by atoms with van der Waals surface area (Å²) < 4.78 is 0. The Kier molecular flexibility index (Phi) is 6.53. The van der Waals surface area contributed by atoms with Crippen molar-refractivity contribution in [3.05, 3.63) is 55.1 Å². The second-order valence-electron chi connectivity index (χ2n) is 6.54. The molecule has 0 heterocycles. The Labute approximate surface area is 149 Å². The molecule has 0 radical (unpaired) electrons. The van der Waals surface area contributed by atoms with E-state index in [9.17, 15) is 9.59 Å². The fourth-order valence-electron chi connectivity index (χ4n) is 3.10. The molecule has 1 aromatic carbocycles. The maximum Gasteiger partial charge on any atom is 0.254 e. The number of nitrogens with two attached hydrogens (primary N) is 1. The molecule has 0 atom stereocenters. The van der Waals surface area contributed by atoms with Crippen LogP contribution in [-0.2, 0) is 4.79 Å². The minimum Gasteiger partial charge on any atom is -0.331 e. The number of hydrogen-bond acceptors (Lipinski definition) is 3. The molecule has 0 saturated heterocycles. The smallest absolute Gasteiger partial charge is 0.254 e. The Balaban J connectivity index is 2.03. The Morgan fingerprint density at radius 3 is 2.16 bits per heavy atom. The van der Waals surface area contributed by atoms with Gasteiger partial charge in [-0.2, -0.15) is 0 Å². The van der Waals surface area contributed by atoms with E-state index in [1.54, 1.807) is 41.3 Å². The minimum absolute atomic E-state index is 0.0970. The Hall–Kier alpha value is -2.40. The maximum atomic E-state index is 12.5. The van der Waals surface area contributed by atoms with E-state index < -0.39 is 5.54 Å². The normalized spacial score (nSPS) is 15.9. The van der Waals surface area contributed by atoms with Crippen LogP contribution in [0.1, 0.15) is 42.5 Å². The van der Waals surface area contributed by atoms with E-state index in [0.29, 0.717) is 37.2 Å². The van der Waals surface area contributed by atoms with Crippen LogP contribution in [0.25, 0.3) is 0 Å². The van der Waals surface area contributed by atoms with Gasteiger partial charge in [-0.25, -0.2) is 0 Å². The van der Waals surface area contributed by atoms with Crippen molar-refractivity contribution >= 4 is 17.5 Å². The van der Waals surface area contributed by atoms with Crippen molar-refractivity contribution in [3.63, 3.8) is 0 Å². The largest absolute Gasteiger partial charge is 0.331 e. The quantitative estimate of drug-likeness (QED) is 0.748. The van der Waals surface area contributed by atoms with Crippen molar-refractivity contribution in [2.45, 2.75) is 37.6 Å². The van der Waals surface area contributed by atoms with Crippen LogP contribution in [0, 0.1) is 0 Å². The summed E-state index contributed by atoms with van der Waals surface area (Å²) in [6.45, 7) is 8.25.